The molecule has 0 saturated carbocycles. The Balaban J connectivity index is 3.26. The lowest BCUT2D eigenvalue weighted by Gasteiger charge is -2.11. The molecule has 0 spiro atoms. The maximum absolute atomic E-state index is 12.9. The average Bonchev–Trinajstić information content (AvgIpc) is 2.30. The highest BCUT2D eigenvalue weighted by Gasteiger charge is 2.22. The van der Waals surface area contributed by atoms with Crippen molar-refractivity contribution in [2.24, 2.45) is 0 Å². The van der Waals surface area contributed by atoms with Crippen molar-refractivity contribution in [2.75, 3.05) is 14.2 Å². The van der Waals surface area contributed by atoms with Gasteiger partial charge in [0.25, 0.3) is 6.43 Å². The van der Waals surface area contributed by atoms with E-state index < -0.39 is 30.3 Å². The van der Waals surface area contributed by atoms with Crippen LogP contribution < -0.4 is 4.74 Å². The molecule has 0 atom stereocenters. The minimum Gasteiger partial charge on any atom is -0.481 e. The number of pyridine rings is 1. The lowest BCUT2D eigenvalue weighted by Crippen LogP contribution is -2.10. The van der Waals surface area contributed by atoms with Gasteiger partial charge in [0.2, 0.25) is 11.8 Å². The van der Waals surface area contributed by atoms with Crippen molar-refractivity contribution in [3.63, 3.8) is 0 Å². The van der Waals surface area contributed by atoms with Crippen LogP contribution in [0.15, 0.2) is 6.07 Å². The second-order valence-corrected chi connectivity index (χ2v) is 3.08. The number of halogens is 3. The van der Waals surface area contributed by atoms with Gasteiger partial charge in [0, 0.05) is 17.2 Å². The molecule has 4 nitrogen and oxygen atoms in total. The quantitative estimate of drug-likeness (QED) is 0.604. The summed E-state index contributed by atoms with van der Waals surface area (Å²) in [7, 11) is 2.27. The van der Waals surface area contributed by atoms with Gasteiger partial charge >= 0.3 is 5.97 Å². The number of carbonyl (C=O) groups is 1. The topological polar surface area (TPSA) is 48.4 Å². The van der Waals surface area contributed by atoms with E-state index >= 15 is 0 Å². The first-order chi connectivity index (χ1) is 7.99. The van der Waals surface area contributed by atoms with Gasteiger partial charge in [-0.25, -0.2) is 8.78 Å². The van der Waals surface area contributed by atoms with Crippen LogP contribution in [0.4, 0.5) is 13.2 Å². The van der Waals surface area contributed by atoms with Crippen molar-refractivity contribution in [3.8, 4) is 5.88 Å². The Labute approximate surface area is 95.4 Å². The van der Waals surface area contributed by atoms with Crippen molar-refractivity contribution in [3.05, 3.63) is 23.1 Å². The summed E-state index contributed by atoms with van der Waals surface area (Å²) in [6, 6.07) is 0.575. The highest BCUT2D eigenvalue weighted by molar-refractivity contribution is 5.73. The Morgan fingerprint density at radius 3 is 2.59 bits per heavy atom. The highest BCUT2D eigenvalue weighted by Crippen LogP contribution is 2.29. The lowest BCUT2D eigenvalue weighted by atomic mass is 10.1. The molecule has 0 aliphatic rings. The van der Waals surface area contributed by atoms with Crippen LogP contribution in [0.1, 0.15) is 17.6 Å². The number of alkyl halides is 2. The maximum atomic E-state index is 12.9. The Morgan fingerprint density at radius 1 is 1.47 bits per heavy atom. The van der Waals surface area contributed by atoms with E-state index in [1.807, 2.05) is 0 Å². The second kappa shape index (κ2) is 5.51. The third-order valence-corrected chi connectivity index (χ3v) is 2.07. The molecule has 0 aromatic carbocycles. The molecule has 94 valence electrons. The minimum atomic E-state index is -2.93. The summed E-state index contributed by atoms with van der Waals surface area (Å²) in [6.07, 6.45) is -3.38. The molecule has 0 aliphatic carbocycles. The molecule has 7 heteroatoms. The van der Waals surface area contributed by atoms with E-state index in [1.165, 1.54) is 0 Å². The number of hydrogen-bond donors (Lipinski definition) is 0. The molecule has 0 aliphatic heterocycles. The number of esters is 1. The summed E-state index contributed by atoms with van der Waals surface area (Å²) in [4.78, 5) is 14.4. The first kappa shape index (κ1) is 13.3. The number of methoxy groups -OCH3 is 2. The molecule has 0 amide bonds. The smallest absolute Gasteiger partial charge is 0.310 e. The van der Waals surface area contributed by atoms with Gasteiger partial charge in [-0.2, -0.15) is 9.37 Å². The van der Waals surface area contributed by atoms with Crippen LogP contribution in [-0.2, 0) is 16.0 Å². The largest absolute Gasteiger partial charge is 0.481 e. The molecule has 0 fully saturated rings. The molecule has 0 bridgehead atoms. The minimum absolute atomic E-state index is 0.171. The average molecular weight is 249 g/mol. The fraction of sp³-hybridized carbons (Fsp3) is 0.400. The zero-order chi connectivity index (χ0) is 13.0. The number of rotatable bonds is 4. The van der Waals surface area contributed by atoms with Gasteiger partial charge in [-0.1, -0.05) is 0 Å². The molecule has 1 aromatic rings. The number of carbonyl (C=O) groups excluding carboxylic acids is 1. The Morgan fingerprint density at radius 2 is 2.12 bits per heavy atom. The van der Waals surface area contributed by atoms with Crippen molar-refractivity contribution >= 4 is 5.97 Å². The van der Waals surface area contributed by atoms with Crippen LogP contribution in [0.25, 0.3) is 0 Å². The summed E-state index contributed by atoms with van der Waals surface area (Å²) in [5.41, 5.74) is -0.796. The summed E-state index contributed by atoms with van der Waals surface area (Å²) >= 11 is 0. The van der Waals surface area contributed by atoms with Crippen LogP contribution in [0.2, 0.25) is 0 Å². The molecule has 0 radical (unpaired) electrons. The van der Waals surface area contributed by atoms with Crippen molar-refractivity contribution in [2.45, 2.75) is 12.8 Å². The van der Waals surface area contributed by atoms with Gasteiger partial charge in [-0.05, 0) is 0 Å². The normalized spacial score (nSPS) is 10.5. The van der Waals surface area contributed by atoms with E-state index in [4.69, 9.17) is 0 Å². The third-order valence-electron chi connectivity index (χ3n) is 2.07. The molecule has 17 heavy (non-hydrogen) atoms. The van der Waals surface area contributed by atoms with Crippen LogP contribution in [0.3, 0.4) is 0 Å². The fourth-order valence-corrected chi connectivity index (χ4v) is 1.29. The van der Waals surface area contributed by atoms with Gasteiger partial charge in [-0.15, -0.1) is 0 Å². The van der Waals surface area contributed by atoms with Gasteiger partial charge < -0.3 is 9.47 Å². The first-order valence-electron chi connectivity index (χ1n) is 4.57. The number of hydrogen-bond acceptors (Lipinski definition) is 4. The highest BCUT2D eigenvalue weighted by atomic mass is 19.3. The number of ether oxygens (including phenoxy) is 2. The van der Waals surface area contributed by atoms with Gasteiger partial charge in [-0.3, -0.25) is 4.79 Å². The third kappa shape index (κ3) is 3.08. The van der Waals surface area contributed by atoms with Crippen LogP contribution >= 0.6 is 0 Å². The predicted molar refractivity (Wildman–Crippen MR) is 51.4 cm³/mol. The molecule has 0 saturated heterocycles. The first-order valence-corrected chi connectivity index (χ1v) is 4.57. The van der Waals surface area contributed by atoms with Crippen LogP contribution in [0, 0.1) is 5.95 Å². The second-order valence-electron chi connectivity index (χ2n) is 3.08. The van der Waals surface area contributed by atoms with E-state index in [1.54, 1.807) is 0 Å². The maximum Gasteiger partial charge on any atom is 0.310 e. The summed E-state index contributed by atoms with van der Waals surface area (Å²) in [5, 5.41) is 0. The molecule has 1 heterocycles. The number of aromatic nitrogens is 1. The lowest BCUT2D eigenvalue weighted by molar-refractivity contribution is -0.139. The monoisotopic (exact) mass is 249 g/mol. The zero-order valence-corrected chi connectivity index (χ0v) is 9.17. The van der Waals surface area contributed by atoms with Crippen LogP contribution in [0.5, 0.6) is 5.88 Å². The van der Waals surface area contributed by atoms with Crippen molar-refractivity contribution in [1.29, 1.82) is 0 Å². The standard InChI is InChI=1S/C10H10F3NO3/c1-16-8(15)4-6-5(9(12)13)3-7(11)14-10(6)17-2/h3,9H,4H2,1-2H3. The Kier molecular flexibility index (Phi) is 4.30. The van der Waals surface area contributed by atoms with E-state index in [2.05, 4.69) is 14.5 Å². The van der Waals surface area contributed by atoms with Crippen LogP contribution in [-0.4, -0.2) is 25.2 Å². The van der Waals surface area contributed by atoms with E-state index in [0.29, 0.717) is 6.07 Å². The summed E-state index contributed by atoms with van der Waals surface area (Å²) in [6.45, 7) is 0. The summed E-state index contributed by atoms with van der Waals surface area (Å²) < 4.78 is 47.3. The van der Waals surface area contributed by atoms with E-state index in [0.717, 1.165) is 14.2 Å². The molecule has 0 unspecified atom stereocenters. The van der Waals surface area contributed by atoms with Crippen molar-refractivity contribution < 1.29 is 27.4 Å². The van der Waals surface area contributed by atoms with E-state index in [9.17, 15) is 18.0 Å². The van der Waals surface area contributed by atoms with E-state index in [-0.39, 0.29) is 11.4 Å². The Hall–Kier alpha value is -1.79. The van der Waals surface area contributed by atoms with Crippen molar-refractivity contribution in [1.82, 2.24) is 4.98 Å². The summed E-state index contributed by atoms with van der Waals surface area (Å²) in [5.74, 6) is -2.17. The number of nitrogens with zero attached hydrogens (tertiary/aromatic N) is 1. The molecular weight excluding hydrogens is 239 g/mol. The Bertz CT molecular complexity index is 424. The van der Waals surface area contributed by atoms with Gasteiger partial charge in [0.15, 0.2) is 0 Å². The molecule has 1 rings (SSSR count). The fourth-order valence-electron chi connectivity index (χ4n) is 1.29. The van der Waals surface area contributed by atoms with Gasteiger partial charge in [0.05, 0.1) is 20.6 Å². The molecule has 0 N–H and O–H groups in total. The zero-order valence-electron chi connectivity index (χ0n) is 9.17. The SMILES string of the molecule is COC(=O)Cc1c(C(F)F)cc(F)nc1OC. The van der Waals surface area contributed by atoms with Gasteiger partial charge in [0.1, 0.15) is 0 Å². The molecule has 1 aromatic heterocycles. The predicted octanol–water partition coefficient (Wildman–Crippen LogP) is 1.88. The molecular formula is C10H10F3NO3.